The largest absolute Gasteiger partial charge is 0.478 e. The molecule has 3 nitrogen and oxygen atoms in total. The van der Waals surface area contributed by atoms with E-state index in [1.165, 1.54) is 12.8 Å². The van der Waals surface area contributed by atoms with E-state index in [2.05, 4.69) is 11.8 Å². The molecule has 2 rings (SSSR count). The van der Waals surface area contributed by atoms with Crippen molar-refractivity contribution in [2.75, 3.05) is 13.1 Å². The average Bonchev–Trinajstić information content (AvgIpc) is 2.29. The SMILES string of the molecule is CC1CCCN(Cc2cccc(C(=O)O)c2)C1. The van der Waals surface area contributed by atoms with Crippen LogP contribution in [0.15, 0.2) is 24.3 Å². The van der Waals surface area contributed by atoms with E-state index in [0.29, 0.717) is 5.56 Å². The second kappa shape index (κ2) is 5.32. The Labute approximate surface area is 102 Å². The highest BCUT2D eigenvalue weighted by molar-refractivity contribution is 5.87. The predicted molar refractivity (Wildman–Crippen MR) is 67.1 cm³/mol. The molecule has 1 aromatic rings. The van der Waals surface area contributed by atoms with Gasteiger partial charge in [0, 0.05) is 13.1 Å². The summed E-state index contributed by atoms with van der Waals surface area (Å²) in [6, 6.07) is 7.25. The van der Waals surface area contributed by atoms with E-state index in [0.717, 1.165) is 31.1 Å². The molecule has 0 spiro atoms. The fraction of sp³-hybridized carbons (Fsp3) is 0.500. The molecule has 1 fully saturated rings. The number of rotatable bonds is 3. The monoisotopic (exact) mass is 233 g/mol. The van der Waals surface area contributed by atoms with Crippen molar-refractivity contribution >= 4 is 5.97 Å². The molecule has 0 amide bonds. The van der Waals surface area contributed by atoms with Gasteiger partial charge in [0.1, 0.15) is 0 Å². The molecule has 1 unspecified atom stereocenters. The van der Waals surface area contributed by atoms with Gasteiger partial charge in [-0.1, -0.05) is 19.1 Å². The van der Waals surface area contributed by atoms with Crippen LogP contribution in [-0.2, 0) is 6.54 Å². The van der Waals surface area contributed by atoms with Crippen LogP contribution >= 0.6 is 0 Å². The summed E-state index contributed by atoms with van der Waals surface area (Å²) in [6.07, 6.45) is 2.56. The molecule has 1 atom stereocenters. The Balaban J connectivity index is 2.02. The molecule has 0 radical (unpaired) electrons. The van der Waals surface area contributed by atoms with E-state index in [-0.39, 0.29) is 0 Å². The number of aromatic carboxylic acids is 1. The van der Waals surface area contributed by atoms with Gasteiger partial charge in [0.2, 0.25) is 0 Å². The number of hydrogen-bond donors (Lipinski definition) is 1. The molecular formula is C14H19NO2. The standard InChI is InChI=1S/C14H19NO2/c1-11-4-3-7-15(9-11)10-12-5-2-6-13(8-12)14(16)17/h2,5-6,8,11H,3-4,7,9-10H2,1H3,(H,16,17). The first-order chi connectivity index (χ1) is 8.15. The molecule has 0 saturated carbocycles. The van der Waals surface area contributed by atoms with Crippen molar-refractivity contribution in [2.24, 2.45) is 5.92 Å². The number of carboxylic acid groups (broad SMARTS) is 1. The summed E-state index contributed by atoms with van der Waals surface area (Å²) in [5.74, 6) is -0.0923. The highest BCUT2D eigenvalue weighted by Gasteiger charge is 2.16. The van der Waals surface area contributed by atoms with Gasteiger partial charge in [-0.15, -0.1) is 0 Å². The number of likely N-dealkylation sites (tertiary alicyclic amines) is 1. The molecule has 1 heterocycles. The zero-order valence-corrected chi connectivity index (χ0v) is 10.2. The molecular weight excluding hydrogens is 214 g/mol. The second-order valence-corrected chi connectivity index (χ2v) is 4.99. The van der Waals surface area contributed by atoms with Crippen molar-refractivity contribution in [3.63, 3.8) is 0 Å². The number of benzene rings is 1. The van der Waals surface area contributed by atoms with Crippen molar-refractivity contribution in [3.8, 4) is 0 Å². The van der Waals surface area contributed by atoms with E-state index < -0.39 is 5.97 Å². The minimum atomic E-state index is -0.848. The third kappa shape index (κ3) is 3.30. The van der Waals surface area contributed by atoms with Crippen LogP contribution in [0.1, 0.15) is 35.7 Å². The zero-order valence-electron chi connectivity index (χ0n) is 10.2. The van der Waals surface area contributed by atoms with Crippen LogP contribution < -0.4 is 0 Å². The minimum Gasteiger partial charge on any atom is -0.478 e. The maximum Gasteiger partial charge on any atom is 0.335 e. The molecule has 1 aliphatic rings. The molecule has 0 aromatic heterocycles. The van der Waals surface area contributed by atoms with E-state index in [1.54, 1.807) is 12.1 Å². The van der Waals surface area contributed by atoms with Gasteiger partial charge in [0.05, 0.1) is 5.56 Å². The Bertz CT molecular complexity index is 403. The first-order valence-electron chi connectivity index (χ1n) is 6.20. The lowest BCUT2D eigenvalue weighted by Crippen LogP contribution is -2.33. The Kier molecular flexibility index (Phi) is 3.79. The van der Waals surface area contributed by atoms with Gasteiger partial charge in [-0.2, -0.15) is 0 Å². The molecule has 17 heavy (non-hydrogen) atoms. The highest BCUT2D eigenvalue weighted by Crippen LogP contribution is 2.18. The molecule has 1 saturated heterocycles. The van der Waals surface area contributed by atoms with E-state index >= 15 is 0 Å². The summed E-state index contributed by atoms with van der Waals surface area (Å²) in [5, 5.41) is 8.94. The summed E-state index contributed by atoms with van der Waals surface area (Å²) in [5.41, 5.74) is 1.48. The summed E-state index contributed by atoms with van der Waals surface area (Å²) < 4.78 is 0. The number of piperidine rings is 1. The van der Waals surface area contributed by atoms with Crippen LogP contribution in [0.25, 0.3) is 0 Å². The second-order valence-electron chi connectivity index (χ2n) is 4.99. The van der Waals surface area contributed by atoms with Gasteiger partial charge in [0.15, 0.2) is 0 Å². The number of hydrogen-bond acceptors (Lipinski definition) is 2. The smallest absolute Gasteiger partial charge is 0.335 e. The summed E-state index contributed by atoms with van der Waals surface area (Å²) in [4.78, 5) is 13.3. The molecule has 0 bridgehead atoms. The third-order valence-corrected chi connectivity index (χ3v) is 3.32. The quantitative estimate of drug-likeness (QED) is 0.872. The topological polar surface area (TPSA) is 40.5 Å². The first-order valence-corrected chi connectivity index (χ1v) is 6.20. The molecule has 1 N–H and O–H groups in total. The lowest BCUT2D eigenvalue weighted by Gasteiger charge is -2.30. The zero-order chi connectivity index (χ0) is 12.3. The predicted octanol–water partition coefficient (Wildman–Crippen LogP) is 2.62. The number of nitrogens with zero attached hydrogens (tertiary/aromatic N) is 1. The first kappa shape index (κ1) is 12.1. The Hall–Kier alpha value is -1.35. The molecule has 92 valence electrons. The fourth-order valence-electron chi connectivity index (χ4n) is 2.49. The van der Waals surface area contributed by atoms with Crippen LogP contribution in [-0.4, -0.2) is 29.1 Å². The van der Waals surface area contributed by atoms with Gasteiger partial charge >= 0.3 is 5.97 Å². The van der Waals surface area contributed by atoms with Crippen molar-refractivity contribution in [1.29, 1.82) is 0 Å². The van der Waals surface area contributed by atoms with Crippen molar-refractivity contribution in [1.82, 2.24) is 4.90 Å². The number of carbonyl (C=O) groups is 1. The summed E-state index contributed by atoms with van der Waals surface area (Å²) in [6.45, 7) is 5.39. The molecule has 3 heteroatoms. The molecule has 1 aliphatic heterocycles. The maximum atomic E-state index is 10.9. The minimum absolute atomic E-state index is 0.382. The van der Waals surface area contributed by atoms with Gasteiger partial charge in [-0.25, -0.2) is 4.79 Å². The number of carboxylic acids is 1. The van der Waals surface area contributed by atoms with E-state index in [9.17, 15) is 4.79 Å². The average molecular weight is 233 g/mol. The van der Waals surface area contributed by atoms with Crippen LogP contribution in [0.4, 0.5) is 0 Å². The van der Waals surface area contributed by atoms with Gasteiger partial charge in [-0.3, -0.25) is 4.90 Å². The Morgan fingerprint density at radius 2 is 2.35 bits per heavy atom. The Morgan fingerprint density at radius 1 is 1.53 bits per heavy atom. The van der Waals surface area contributed by atoms with Gasteiger partial charge in [0.25, 0.3) is 0 Å². The van der Waals surface area contributed by atoms with Crippen molar-refractivity contribution < 1.29 is 9.90 Å². The molecule has 0 aliphatic carbocycles. The Morgan fingerprint density at radius 3 is 3.06 bits per heavy atom. The highest BCUT2D eigenvalue weighted by atomic mass is 16.4. The van der Waals surface area contributed by atoms with Crippen LogP contribution in [0, 0.1) is 5.92 Å². The van der Waals surface area contributed by atoms with Crippen LogP contribution in [0.2, 0.25) is 0 Å². The van der Waals surface area contributed by atoms with Crippen LogP contribution in [0.3, 0.4) is 0 Å². The summed E-state index contributed by atoms with van der Waals surface area (Å²) in [7, 11) is 0. The van der Waals surface area contributed by atoms with Crippen molar-refractivity contribution in [3.05, 3.63) is 35.4 Å². The third-order valence-electron chi connectivity index (χ3n) is 3.32. The van der Waals surface area contributed by atoms with E-state index in [1.807, 2.05) is 12.1 Å². The normalized spacial score (nSPS) is 21.4. The summed E-state index contributed by atoms with van der Waals surface area (Å²) >= 11 is 0. The van der Waals surface area contributed by atoms with Gasteiger partial charge in [-0.05, 0) is 43.0 Å². The molecule has 1 aromatic carbocycles. The van der Waals surface area contributed by atoms with Crippen LogP contribution in [0.5, 0.6) is 0 Å². The lowest BCUT2D eigenvalue weighted by molar-refractivity contribution is 0.0696. The maximum absolute atomic E-state index is 10.9. The van der Waals surface area contributed by atoms with E-state index in [4.69, 9.17) is 5.11 Å². The van der Waals surface area contributed by atoms with Crippen molar-refractivity contribution in [2.45, 2.75) is 26.3 Å². The lowest BCUT2D eigenvalue weighted by atomic mass is 9.99. The van der Waals surface area contributed by atoms with Gasteiger partial charge < -0.3 is 5.11 Å². The fourth-order valence-corrected chi connectivity index (χ4v) is 2.49.